The lowest BCUT2D eigenvalue weighted by molar-refractivity contribution is -0.169. The highest BCUT2D eigenvalue weighted by Crippen LogP contribution is 2.32. The Labute approximate surface area is 226 Å². The van der Waals surface area contributed by atoms with Gasteiger partial charge in [-0.3, -0.25) is 19.2 Å². The molecule has 208 valence electrons. The van der Waals surface area contributed by atoms with E-state index in [0.29, 0.717) is 12.8 Å². The minimum Gasteiger partial charge on any atom is -0.505 e. The number of carbonyl (C=O) groups is 4. The van der Waals surface area contributed by atoms with Gasteiger partial charge in [-0.25, -0.2) is 4.98 Å². The number of aromatic nitrogens is 1. The molecule has 2 fully saturated rings. The molecule has 1 saturated carbocycles. The van der Waals surface area contributed by atoms with E-state index in [0.717, 1.165) is 12.0 Å². The Bertz CT molecular complexity index is 1200. The van der Waals surface area contributed by atoms with E-state index in [-0.39, 0.29) is 23.8 Å². The number of nitrogens with one attached hydrogen (secondary N) is 3. The Morgan fingerprint density at radius 1 is 1.05 bits per heavy atom. The molecule has 1 aromatic heterocycles. The van der Waals surface area contributed by atoms with E-state index in [2.05, 4.69) is 20.9 Å². The third-order valence-electron chi connectivity index (χ3n) is 7.44. The maximum atomic E-state index is 13.6. The van der Waals surface area contributed by atoms with Crippen LogP contribution in [0.15, 0.2) is 48.7 Å². The van der Waals surface area contributed by atoms with Crippen LogP contribution in [0.1, 0.15) is 49.2 Å². The number of rotatable bonds is 5. The van der Waals surface area contributed by atoms with Gasteiger partial charge in [0.25, 0.3) is 11.8 Å². The van der Waals surface area contributed by atoms with Crippen molar-refractivity contribution >= 4 is 23.7 Å². The van der Waals surface area contributed by atoms with Crippen molar-refractivity contribution in [2.75, 3.05) is 0 Å². The molecule has 2 heterocycles. The summed E-state index contributed by atoms with van der Waals surface area (Å²) < 4.78 is 5.64. The van der Waals surface area contributed by atoms with Gasteiger partial charge in [-0.2, -0.15) is 0 Å². The van der Waals surface area contributed by atoms with E-state index in [9.17, 15) is 29.4 Å². The monoisotopic (exact) mass is 538 g/mol. The predicted octanol–water partition coefficient (Wildman–Crippen LogP) is 0.840. The number of aliphatic hydroxyl groups is 1. The lowest BCUT2D eigenvalue weighted by atomic mass is 9.80. The number of esters is 1. The molecule has 0 spiro atoms. The van der Waals surface area contributed by atoms with Crippen molar-refractivity contribution in [3.63, 3.8) is 0 Å². The zero-order valence-electron chi connectivity index (χ0n) is 21.9. The van der Waals surface area contributed by atoms with Crippen molar-refractivity contribution in [1.82, 2.24) is 20.9 Å². The first-order chi connectivity index (χ1) is 18.7. The summed E-state index contributed by atoms with van der Waals surface area (Å²) in [4.78, 5) is 56.8. The molecule has 4 rings (SSSR count). The van der Waals surface area contributed by atoms with Gasteiger partial charge < -0.3 is 30.9 Å². The molecule has 1 saturated heterocycles. The molecule has 5 N–H and O–H groups in total. The third kappa shape index (κ3) is 6.54. The van der Waals surface area contributed by atoms with Crippen molar-refractivity contribution in [3.8, 4) is 5.75 Å². The Kier molecular flexibility index (Phi) is 8.80. The number of benzene rings is 1. The first-order valence-electron chi connectivity index (χ1n) is 13.1. The SMILES string of the molecule is C[C@H]1NC(=O)C(C2CCC2)OC(=O)[C@H](C)[C@H](O)[C@H](Cc2ccccc2)NC(=O)[C@H]1NC(=O)c1ncccc1O. The summed E-state index contributed by atoms with van der Waals surface area (Å²) in [5, 5.41) is 29.4. The number of pyridine rings is 1. The van der Waals surface area contributed by atoms with Crippen molar-refractivity contribution in [3.05, 3.63) is 59.9 Å². The number of aromatic hydroxyl groups is 1. The summed E-state index contributed by atoms with van der Waals surface area (Å²) in [7, 11) is 0. The fraction of sp³-hybridized carbons (Fsp3) is 0.464. The second-order valence-electron chi connectivity index (χ2n) is 10.3. The molecule has 1 unspecified atom stereocenters. The average molecular weight is 539 g/mol. The zero-order valence-corrected chi connectivity index (χ0v) is 21.9. The number of aliphatic hydroxyl groups excluding tert-OH is 1. The molecule has 2 aliphatic rings. The normalized spacial score (nSPS) is 28.5. The largest absolute Gasteiger partial charge is 0.505 e. The molecule has 1 aliphatic heterocycles. The molecular formula is C28H34N4O7. The summed E-state index contributed by atoms with van der Waals surface area (Å²) in [6.07, 6.45) is 1.38. The zero-order chi connectivity index (χ0) is 28.1. The van der Waals surface area contributed by atoms with Crippen LogP contribution in [-0.2, 0) is 25.5 Å². The van der Waals surface area contributed by atoms with Gasteiger partial charge in [0.05, 0.1) is 24.1 Å². The summed E-state index contributed by atoms with van der Waals surface area (Å²) in [5.41, 5.74) is 0.521. The van der Waals surface area contributed by atoms with Crippen molar-refractivity contribution < 1.29 is 34.1 Å². The second-order valence-corrected chi connectivity index (χ2v) is 10.3. The van der Waals surface area contributed by atoms with E-state index in [1.807, 2.05) is 30.3 Å². The minimum absolute atomic E-state index is 0.180. The molecule has 11 heteroatoms. The molecule has 3 amide bonds. The Morgan fingerprint density at radius 3 is 2.41 bits per heavy atom. The van der Waals surface area contributed by atoms with Gasteiger partial charge in [0.15, 0.2) is 11.8 Å². The smallest absolute Gasteiger partial charge is 0.312 e. The second kappa shape index (κ2) is 12.2. The number of cyclic esters (lactones) is 1. The molecule has 6 atom stereocenters. The maximum absolute atomic E-state index is 13.6. The molecule has 11 nitrogen and oxygen atoms in total. The van der Waals surface area contributed by atoms with Crippen LogP contribution in [0.2, 0.25) is 0 Å². The first kappa shape index (κ1) is 28.0. The van der Waals surface area contributed by atoms with Crippen molar-refractivity contribution in [2.45, 2.75) is 69.9 Å². The van der Waals surface area contributed by atoms with Crippen LogP contribution < -0.4 is 16.0 Å². The minimum atomic E-state index is -1.35. The molecular weight excluding hydrogens is 504 g/mol. The van der Waals surface area contributed by atoms with E-state index in [4.69, 9.17) is 4.74 Å². The number of hydrogen-bond donors (Lipinski definition) is 5. The van der Waals surface area contributed by atoms with Gasteiger partial charge in [0.2, 0.25) is 5.91 Å². The molecule has 0 radical (unpaired) electrons. The third-order valence-corrected chi connectivity index (χ3v) is 7.44. The highest BCUT2D eigenvalue weighted by atomic mass is 16.5. The van der Waals surface area contributed by atoms with Crippen LogP contribution in [0.4, 0.5) is 0 Å². The van der Waals surface area contributed by atoms with Gasteiger partial charge >= 0.3 is 5.97 Å². The van der Waals surface area contributed by atoms with E-state index in [1.54, 1.807) is 0 Å². The summed E-state index contributed by atoms with van der Waals surface area (Å²) in [6.45, 7) is 3.03. The van der Waals surface area contributed by atoms with Crippen LogP contribution in [0, 0.1) is 11.8 Å². The highest BCUT2D eigenvalue weighted by Gasteiger charge is 2.42. The first-order valence-corrected chi connectivity index (χ1v) is 13.1. The van der Waals surface area contributed by atoms with E-state index < -0.39 is 59.9 Å². The molecule has 39 heavy (non-hydrogen) atoms. The van der Waals surface area contributed by atoms with Gasteiger partial charge in [0.1, 0.15) is 11.8 Å². The van der Waals surface area contributed by atoms with Crippen LogP contribution in [0.25, 0.3) is 0 Å². The van der Waals surface area contributed by atoms with Gasteiger partial charge in [-0.15, -0.1) is 0 Å². The maximum Gasteiger partial charge on any atom is 0.312 e. The van der Waals surface area contributed by atoms with Crippen LogP contribution in [0.5, 0.6) is 5.75 Å². The van der Waals surface area contributed by atoms with E-state index >= 15 is 0 Å². The lowest BCUT2D eigenvalue weighted by Crippen LogP contribution is -2.63. The lowest BCUT2D eigenvalue weighted by Gasteiger charge is -2.37. The summed E-state index contributed by atoms with van der Waals surface area (Å²) in [5.74, 6) is -4.43. The van der Waals surface area contributed by atoms with Crippen LogP contribution in [0.3, 0.4) is 0 Å². The van der Waals surface area contributed by atoms with Gasteiger partial charge in [-0.05, 0) is 50.8 Å². The quantitative estimate of drug-likeness (QED) is 0.349. The van der Waals surface area contributed by atoms with Gasteiger partial charge in [-0.1, -0.05) is 36.8 Å². The van der Waals surface area contributed by atoms with E-state index in [1.165, 1.54) is 32.2 Å². The Morgan fingerprint density at radius 2 is 1.77 bits per heavy atom. The molecule has 1 aromatic carbocycles. The Balaban J connectivity index is 1.67. The Hall–Kier alpha value is -3.99. The fourth-order valence-electron chi connectivity index (χ4n) is 4.81. The van der Waals surface area contributed by atoms with Gasteiger partial charge in [0, 0.05) is 12.1 Å². The number of hydrogen-bond acceptors (Lipinski definition) is 8. The number of nitrogens with zero attached hydrogens (tertiary/aromatic N) is 1. The predicted molar refractivity (Wildman–Crippen MR) is 139 cm³/mol. The fourth-order valence-corrected chi connectivity index (χ4v) is 4.81. The molecule has 1 aliphatic carbocycles. The topological polar surface area (TPSA) is 167 Å². The standard InChI is InChI=1S/C28H34N4O7/c1-15-23(34)19(14-17-8-4-3-5-9-17)31-25(35)21(32-26(36)22-20(33)12-7-13-29-22)16(2)30-27(37)24(39-28(15)38)18-10-6-11-18/h3-5,7-9,12-13,15-16,18-19,21,23-24,33-34H,6,10-11,14H2,1-2H3,(H,30,37)(H,31,35)(H,32,36)/t15-,16-,19+,21+,23+,24?/m1/s1. The summed E-state index contributed by atoms with van der Waals surface area (Å²) in [6, 6.07) is 8.71. The van der Waals surface area contributed by atoms with Crippen molar-refractivity contribution in [1.29, 1.82) is 0 Å². The number of amides is 3. The van der Waals surface area contributed by atoms with Crippen LogP contribution >= 0.6 is 0 Å². The molecule has 2 aromatic rings. The number of ether oxygens (including phenoxy) is 1. The summed E-state index contributed by atoms with van der Waals surface area (Å²) >= 11 is 0. The molecule has 0 bridgehead atoms. The van der Waals surface area contributed by atoms with Crippen LogP contribution in [-0.4, -0.2) is 69.2 Å². The highest BCUT2D eigenvalue weighted by molar-refractivity contribution is 5.98. The average Bonchev–Trinajstić information content (AvgIpc) is 2.89. The van der Waals surface area contributed by atoms with Crippen molar-refractivity contribution in [2.24, 2.45) is 11.8 Å². The number of carbonyl (C=O) groups excluding carboxylic acids is 4.